The monoisotopic (exact) mass is 302 g/mol. The highest BCUT2D eigenvalue weighted by atomic mass is 16.5. The Balaban J connectivity index is 1.73. The minimum absolute atomic E-state index is 0.000989. The lowest BCUT2D eigenvalue weighted by Crippen LogP contribution is -2.39. The van der Waals surface area contributed by atoms with Gasteiger partial charge in [0.15, 0.2) is 6.61 Å². The third-order valence-electron chi connectivity index (χ3n) is 4.71. The van der Waals surface area contributed by atoms with Crippen molar-refractivity contribution in [3.05, 3.63) is 23.8 Å². The average molecular weight is 302 g/mol. The summed E-state index contributed by atoms with van der Waals surface area (Å²) in [5.74, 6) is 1.18. The number of carbonyl (C=O) groups excluding carboxylic acids is 2. The lowest BCUT2D eigenvalue weighted by Gasteiger charge is -2.33. The van der Waals surface area contributed by atoms with Crippen LogP contribution in [-0.2, 0) is 4.79 Å². The smallest absolute Gasteiger partial charge is 0.262 e. The van der Waals surface area contributed by atoms with E-state index in [9.17, 15) is 9.59 Å². The van der Waals surface area contributed by atoms with Crippen LogP contribution in [0.3, 0.4) is 0 Å². The van der Waals surface area contributed by atoms with Gasteiger partial charge < -0.3 is 15.0 Å². The Morgan fingerprint density at radius 1 is 1.27 bits per heavy atom. The summed E-state index contributed by atoms with van der Waals surface area (Å²) in [5.41, 5.74) is 1.23. The number of amides is 2. The highest BCUT2D eigenvalue weighted by molar-refractivity contribution is 5.99. The topological polar surface area (TPSA) is 58.6 Å². The van der Waals surface area contributed by atoms with Crippen LogP contribution in [-0.4, -0.2) is 36.4 Å². The average Bonchev–Trinajstić information content (AvgIpc) is 2.53. The van der Waals surface area contributed by atoms with E-state index in [0.29, 0.717) is 23.0 Å². The van der Waals surface area contributed by atoms with Gasteiger partial charge in [0, 0.05) is 18.7 Å². The van der Waals surface area contributed by atoms with Crippen LogP contribution in [0.5, 0.6) is 5.75 Å². The van der Waals surface area contributed by atoms with Gasteiger partial charge >= 0.3 is 0 Å². The maximum absolute atomic E-state index is 12.7. The van der Waals surface area contributed by atoms with Crippen molar-refractivity contribution in [2.24, 2.45) is 5.92 Å². The molecule has 1 aliphatic carbocycles. The second-order valence-corrected chi connectivity index (χ2v) is 6.38. The number of anilines is 1. The molecule has 3 rings (SSSR count). The predicted molar refractivity (Wildman–Crippen MR) is 84.1 cm³/mol. The van der Waals surface area contributed by atoms with Gasteiger partial charge in [-0.05, 0) is 49.8 Å². The summed E-state index contributed by atoms with van der Waals surface area (Å²) < 4.78 is 5.38. The molecule has 5 nitrogen and oxygen atoms in total. The van der Waals surface area contributed by atoms with E-state index in [-0.39, 0.29) is 18.4 Å². The van der Waals surface area contributed by atoms with Crippen LogP contribution in [0, 0.1) is 5.92 Å². The number of rotatable bonds is 2. The zero-order valence-electron chi connectivity index (χ0n) is 13.1. The van der Waals surface area contributed by atoms with E-state index in [0.717, 1.165) is 18.8 Å². The molecular formula is C17H22N2O3. The second-order valence-electron chi connectivity index (χ2n) is 6.38. The molecule has 5 heteroatoms. The number of hydrogen-bond donors (Lipinski definition) is 1. The van der Waals surface area contributed by atoms with Gasteiger partial charge in [-0.2, -0.15) is 0 Å². The van der Waals surface area contributed by atoms with E-state index in [2.05, 4.69) is 12.2 Å². The lowest BCUT2D eigenvalue weighted by atomic mass is 9.86. The Kier molecular flexibility index (Phi) is 4.05. The van der Waals surface area contributed by atoms with Crippen molar-refractivity contribution in [2.75, 3.05) is 19.0 Å². The van der Waals surface area contributed by atoms with Crippen molar-refractivity contribution in [1.82, 2.24) is 4.90 Å². The van der Waals surface area contributed by atoms with Crippen molar-refractivity contribution in [1.29, 1.82) is 0 Å². The van der Waals surface area contributed by atoms with Crippen molar-refractivity contribution in [2.45, 2.75) is 38.6 Å². The first-order valence-corrected chi connectivity index (χ1v) is 7.88. The maximum atomic E-state index is 12.7. The first-order valence-electron chi connectivity index (χ1n) is 7.88. The predicted octanol–water partition coefficient (Wildman–Crippen LogP) is 2.67. The number of nitrogens with zero attached hydrogens (tertiary/aromatic N) is 1. The molecule has 0 spiro atoms. The molecular weight excluding hydrogens is 280 g/mol. The van der Waals surface area contributed by atoms with Crippen molar-refractivity contribution < 1.29 is 14.3 Å². The van der Waals surface area contributed by atoms with Crippen LogP contribution in [0.15, 0.2) is 18.2 Å². The summed E-state index contributed by atoms with van der Waals surface area (Å²) in [5, 5.41) is 2.73. The lowest BCUT2D eigenvalue weighted by molar-refractivity contribution is -0.118. The summed E-state index contributed by atoms with van der Waals surface area (Å²) in [4.78, 5) is 25.8. The van der Waals surface area contributed by atoms with Gasteiger partial charge in [0.05, 0.1) is 5.69 Å². The fraction of sp³-hybridized carbons (Fsp3) is 0.529. The van der Waals surface area contributed by atoms with Crippen molar-refractivity contribution in [3.63, 3.8) is 0 Å². The molecule has 0 bridgehead atoms. The number of nitrogens with one attached hydrogen (secondary N) is 1. The number of fused-ring (bicyclic) bond motifs is 1. The van der Waals surface area contributed by atoms with E-state index in [1.807, 2.05) is 11.9 Å². The molecule has 1 N–H and O–H groups in total. The molecule has 0 unspecified atom stereocenters. The molecule has 0 radical (unpaired) electrons. The Hall–Kier alpha value is -2.04. The number of benzene rings is 1. The molecule has 2 amide bonds. The molecule has 1 saturated carbocycles. The summed E-state index contributed by atoms with van der Waals surface area (Å²) >= 11 is 0. The summed E-state index contributed by atoms with van der Waals surface area (Å²) in [6.07, 6.45) is 4.51. The van der Waals surface area contributed by atoms with E-state index >= 15 is 0 Å². The van der Waals surface area contributed by atoms with Crippen LogP contribution in [0.2, 0.25) is 0 Å². The summed E-state index contributed by atoms with van der Waals surface area (Å²) in [6, 6.07) is 5.52. The third kappa shape index (κ3) is 2.93. The Labute approximate surface area is 130 Å². The van der Waals surface area contributed by atoms with Crippen LogP contribution < -0.4 is 10.1 Å². The van der Waals surface area contributed by atoms with Crippen LogP contribution in [0.1, 0.15) is 43.0 Å². The quantitative estimate of drug-likeness (QED) is 0.913. The fourth-order valence-corrected chi connectivity index (χ4v) is 3.21. The molecule has 0 atom stereocenters. The number of carbonyl (C=O) groups is 2. The SMILES string of the molecule is CC1CCC(N(C)C(=O)c2ccc3c(c2)OCC(=O)N3)CC1. The second kappa shape index (κ2) is 5.99. The van der Waals surface area contributed by atoms with Crippen LogP contribution in [0.4, 0.5) is 5.69 Å². The van der Waals surface area contributed by atoms with Gasteiger partial charge in [0.2, 0.25) is 0 Å². The van der Waals surface area contributed by atoms with Gasteiger partial charge in [0.1, 0.15) is 5.75 Å². The summed E-state index contributed by atoms with van der Waals surface area (Å²) in [6.45, 7) is 2.27. The van der Waals surface area contributed by atoms with Gasteiger partial charge in [0.25, 0.3) is 11.8 Å². The maximum Gasteiger partial charge on any atom is 0.262 e. The van der Waals surface area contributed by atoms with Crippen LogP contribution >= 0.6 is 0 Å². The molecule has 2 aliphatic rings. The Bertz CT molecular complexity index is 592. The minimum Gasteiger partial charge on any atom is -0.482 e. The molecule has 22 heavy (non-hydrogen) atoms. The first kappa shape index (κ1) is 14.9. The van der Waals surface area contributed by atoms with E-state index < -0.39 is 0 Å². The standard InChI is InChI=1S/C17H22N2O3/c1-11-3-6-13(7-4-11)19(2)17(21)12-5-8-14-15(9-12)22-10-16(20)18-14/h5,8-9,11,13H,3-4,6-7,10H2,1-2H3,(H,18,20). The Morgan fingerprint density at radius 2 is 2.00 bits per heavy atom. The van der Waals surface area contributed by atoms with E-state index in [1.165, 1.54) is 12.8 Å². The first-order chi connectivity index (χ1) is 10.5. The number of ether oxygens (including phenoxy) is 1. The van der Waals surface area contributed by atoms with Gasteiger partial charge in [-0.25, -0.2) is 0 Å². The van der Waals surface area contributed by atoms with Crippen LogP contribution in [0.25, 0.3) is 0 Å². The Morgan fingerprint density at radius 3 is 2.73 bits per heavy atom. The molecule has 1 aromatic rings. The van der Waals surface area contributed by atoms with Crippen molar-refractivity contribution in [3.8, 4) is 5.75 Å². The normalized spacial score (nSPS) is 24.0. The molecule has 0 saturated heterocycles. The zero-order valence-corrected chi connectivity index (χ0v) is 13.1. The van der Waals surface area contributed by atoms with E-state index in [1.54, 1.807) is 18.2 Å². The number of hydrogen-bond acceptors (Lipinski definition) is 3. The minimum atomic E-state index is -0.167. The van der Waals surface area contributed by atoms with Gasteiger partial charge in [-0.1, -0.05) is 6.92 Å². The molecule has 118 valence electrons. The third-order valence-corrected chi connectivity index (χ3v) is 4.71. The molecule has 1 aliphatic heterocycles. The van der Waals surface area contributed by atoms with E-state index in [4.69, 9.17) is 4.74 Å². The highest BCUT2D eigenvalue weighted by Crippen LogP contribution is 2.31. The molecule has 1 heterocycles. The fourth-order valence-electron chi connectivity index (χ4n) is 3.21. The molecule has 1 fully saturated rings. The molecule has 0 aromatic heterocycles. The van der Waals surface area contributed by atoms with Gasteiger partial charge in [-0.15, -0.1) is 0 Å². The molecule has 1 aromatic carbocycles. The summed E-state index contributed by atoms with van der Waals surface area (Å²) in [7, 11) is 1.88. The largest absolute Gasteiger partial charge is 0.482 e. The van der Waals surface area contributed by atoms with Crippen molar-refractivity contribution >= 4 is 17.5 Å². The zero-order chi connectivity index (χ0) is 15.7. The highest BCUT2D eigenvalue weighted by Gasteiger charge is 2.26. The van der Waals surface area contributed by atoms with Gasteiger partial charge in [-0.3, -0.25) is 9.59 Å².